The van der Waals surface area contributed by atoms with Gasteiger partial charge in [0.1, 0.15) is 0 Å². The zero-order valence-electron chi connectivity index (χ0n) is 19.7. The second kappa shape index (κ2) is 14.4. The Morgan fingerprint density at radius 1 is 0.971 bits per heavy atom. The van der Waals surface area contributed by atoms with E-state index in [0.717, 1.165) is 37.1 Å². The fourth-order valence-corrected chi connectivity index (χ4v) is 4.89. The van der Waals surface area contributed by atoms with Crippen LogP contribution in [0.1, 0.15) is 49.7 Å². The molecule has 34 heavy (non-hydrogen) atoms. The molecule has 7 heteroatoms. The largest absolute Gasteiger partial charge is 0.390 e. The minimum Gasteiger partial charge on any atom is -0.390 e. The van der Waals surface area contributed by atoms with E-state index < -0.39 is 12.1 Å². The molecule has 0 aromatic heterocycles. The first-order chi connectivity index (χ1) is 16.5. The van der Waals surface area contributed by atoms with Crippen molar-refractivity contribution in [3.63, 3.8) is 0 Å². The molecule has 1 aliphatic heterocycles. The van der Waals surface area contributed by atoms with Gasteiger partial charge in [-0.25, -0.2) is 0 Å². The minimum atomic E-state index is -0.734. The molecule has 2 aromatic rings. The van der Waals surface area contributed by atoms with Gasteiger partial charge in [-0.1, -0.05) is 42.5 Å². The smallest absolute Gasteiger partial charge is 0.222 e. The molecule has 1 heterocycles. The van der Waals surface area contributed by atoms with Gasteiger partial charge in [-0.05, 0) is 78.0 Å². The molecule has 0 aliphatic carbocycles. The molecular formula is C27H36IN3O3. The number of halogens is 1. The molecule has 2 amide bonds. The quantitative estimate of drug-likeness (QED) is 0.337. The Morgan fingerprint density at radius 2 is 1.71 bits per heavy atom. The highest BCUT2D eigenvalue weighted by Crippen LogP contribution is 2.12. The average Bonchev–Trinajstić information content (AvgIpc) is 2.85. The highest BCUT2D eigenvalue weighted by molar-refractivity contribution is 14.1. The number of carbonyl (C=O) groups excluding carboxylic acids is 2. The van der Waals surface area contributed by atoms with E-state index in [4.69, 9.17) is 0 Å². The minimum absolute atomic E-state index is 0.121. The van der Waals surface area contributed by atoms with E-state index in [1.807, 2.05) is 47.4 Å². The Balaban J connectivity index is 1.48. The van der Waals surface area contributed by atoms with Crippen LogP contribution in [0.15, 0.2) is 54.6 Å². The summed E-state index contributed by atoms with van der Waals surface area (Å²) in [5.41, 5.74) is 2.21. The van der Waals surface area contributed by atoms with Crippen molar-refractivity contribution < 1.29 is 14.7 Å². The van der Waals surface area contributed by atoms with Gasteiger partial charge < -0.3 is 20.6 Å². The van der Waals surface area contributed by atoms with Crippen LogP contribution in [-0.2, 0) is 22.6 Å². The van der Waals surface area contributed by atoms with Crippen molar-refractivity contribution in [3.05, 3.63) is 69.3 Å². The third-order valence-electron chi connectivity index (χ3n) is 6.18. The van der Waals surface area contributed by atoms with Crippen molar-refractivity contribution in [2.24, 2.45) is 0 Å². The molecule has 2 aromatic carbocycles. The first kappa shape index (κ1) is 26.6. The van der Waals surface area contributed by atoms with E-state index in [9.17, 15) is 14.7 Å². The van der Waals surface area contributed by atoms with Crippen LogP contribution in [0.25, 0.3) is 0 Å². The van der Waals surface area contributed by atoms with Crippen LogP contribution in [0.2, 0.25) is 0 Å². The predicted octanol–water partition coefficient (Wildman–Crippen LogP) is 3.65. The summed E-state index contributed by atoms with van der Waals surface area (Å²) in [5, 5.41) is 17.2. The first-order valence-electron chi connectivity index (χ1n) is 12.3. The summed E-state index contributed by atoms with van der Waals surface area (Å²) in [7, 11) is 0. The number of hydrogen-bond donors (Lipinski definition) is 3. The Bertz CT molecular complexity index is 903. The SMILES string of the molecule is O=C(CCCC(=O)N1CCCCC1)N[C@@H](Cc1ccccc1)[C@@H](O)CNCc1cccc(I)c1. The summed E-state index contributed by atoms with van der Waals surface area (Å²) in [6, 6.07) is 17.7. The van der Waals surface area contributed by atoms with Crippen molar-refractivity contribution in [2.45, 2.75) is 63.6 Å². The number of amides is 2. The van der Waals surface area contributed by atoms with Crippen LogP contribution in [-0.4, -0.2) is 53.6 Å². The number of rotatable bonds is 12. The zero-order chi connectivity index (χ0) is 24.2. The lowest BCUT2D eigenvalue weighted by molar-refractivity contribution is -0.132. The Hall–Kier alpha value is -1.97. The number of hydrogen-bond acceptors (Lipinski definition) is 4. The molecular weight excluding hydrogens is 541 g/mol. The van der Waals surface area contributed by atoms with Gasteiger partial charge in [0.25, 0.3) is 0 Å². The summed E-state index contributed by atoms with van der Waals surface area (Å²) < 4.78 is 1.17. The molecule has 3 N–H and O–H groups in total. The third kappa shape index (κ3) is 9.35. The van der Waals surface area contributed by atoms with Gasteiger partial charge in [-0.15, -0.1) is 0 Å². The molecule has 3 rings (SSSR count). The summed E-state index contributed by atoms with van der Waals surface area (Å²) in [4.78, 5) is 26.9. The average molecular weight is 578 g/mol. The molecule has 0 bridgehead atoms. The van der Waals surface area contributed by atoms with Crippen LogP contribution in [0.3, 0.4) is 0 Å². The molecule has 1 aliphatic rings. The van der Waals surface area contributed by atoms with Crippen molar-refractivity contribution in [1.82, 2.24) is 15.5 Å². The van der Waals surface area contributed by atoms with E-state index >= 15 is 0 Å². The molecule has 0 spiro atoms. The number of likely N-dealkylation sites (tertiary alicyclic amines) is 1. The number of piperidine rings is 1. The summed E-state index contributed by atoms with van der Waals surface area (Å²) >= 11 is 2.29. The molecule has 0 radical (unpaired) electrons. The summed E-state index contributed by atoms with van der Waals surface area (Å²) in [5.74, 6) is 0.0252. The zero-order valence-corrected chi connectivity index (χ0v) is 21.9. The molecule has 2 atom stereocenters. The molecule has 6 nitrogen and oxygen atoms in total. The van der Waals surface area contributed by atoms with E-state index in [2.05, 4.69) is 45.4 Å². The predicted molar refractivity (Wildman–Crippen MR) is 143 cm³/mol. The standard InChI is InChI=1S/C27H36IN3O3/c28-23-12-7-11-22(17-23)19-29-20-25(32)24(18-21-9-3-1-4-10-21)30-26(33)13-8-14-27(34)31-15-5-2-6-16-31/h1,3-4,7,9-12,17,24-25,29,32H,2,5-6,8,13-16,18-20H2,(H,30,33)/t24-,25-/m0/s1. The van der Waals surface area contributed by atoms with Gasteiger partial charge in [0.15, 0.2) is 0 Å². The number of nitrogens with one attached hydrogen (secondary N) is 2. The third-order valence-corrected chi connectivity index (χ3v) is 6.86. The van der Waals surface area contributed by atoms with E-state index in [1.54, 1.807) is 0 Å². The van der Waals surface area contributed by atoms with Crippen LogP contribution >= 0.6 is 22.6 Å². The van der Waals surface area contributed by atoms with Crippen molar-refractivity contribution in [2.75, 3.05) is 19.6 Å². The van der Waals surface area contributed by atoms with Gasteiger partial charge in [-0.3, -0.25) is 9.59 Å². The maximum Gasteiger partial charge on any atom is 0.222 e. The Labute approximate surface area is 216 Å². The second-order valence-corrected chi connectivity index (χ2v) is 10.2. The Kier molecular flexibility index (Phi) is 11.3. The maximum absolute atomic E-state index is 12.7. The number of nitrogens with zero attached hydrogens (tertiary/aromatic N) is 1. The van der Waals surface area contributed by atoms with Crippen LogP contribution in [0.4, 0.5) is 0 Å². The van der Waals surface area contributed by atoms with E-state index in [0.29, 0.717) is 32.4 Å². The lowest BCUT2D eigenvalue weighted by atomic mass is 10.0. The molecule has 1 saturated heterocycles. The lowest BCUT2D eigenvalue weighted by Crippen LogP contribution is -2.48. The second-order valence-electron chi connectivity index (χ2n) is 8.99. The molecule has 1 fully saturated rings. The molecule has 0 unspecified atom stereocenters. The summed E-state index contributed by atoms with van der Waals surface area (Å²) in [6.45, 7) is 2.70. The summed E-state index contributed by atoms with van der Waals surface area (Å²) in [6.07, 6.45) is 4.36. The molecule has 184 valence electrons. The van der Waals surface area contributed by atoms with Gasteiger partial charge >= 0.3 is 0 Å². The first-order valence-corrected chi connectivity index (χ1v) is 13.3. The highest BCUT2D eigenvalue weighted by atomic mass is 127. The van der Waals surface area contributed by atoms with E-state index in [-0.39, 0.29) is 18.2 Å². The van der Waals surface area contributed by atoms with Gasteiger partial charge in [0.05, 0.1) is 12.1 Å². The van der Waals surface area contributed by atoms with Gasteiger partial charge in [0, 0.05) is 42.6 Å². The fraction of sp³-hybridized carbons (Fsp3) is 0.481. The number of aliphatic hydroxyl groups excluding tert-OH is 1. The highest BCUT2D eigenvalue weighted by Gasteiger charge is 2.22. The maximum atomic E-state index is 12.7. The number of carbonyl (C=O) groups is 2. The van der Waals surface area contributed by atoms with Crippen molar-refractivity contribution in [3.8, 4) is 0 Å². The van der Waals surface area contributed by atoms with Crippen LogP contribution in [0.5, 0.6) is 0 Å². The normalized spacial score (nSPS) is 15.5. The molecule has 0 saturated carbocycles. The van der Waals surface area contributed by atoms with Crippen molar-refractivity contribution >= 4 is 34.4 Å². The topological polar surface area (TPSA) is 81.7 Å². The number of aliphatic hydroxyl groups is 1. The van der Waals surface area contributed by atoms with Crippen LogP contribution < -0.4 is 10.6 Å². The van der Waals surface area contributed by atoms with E-state index in [1.165, 1.54) is 9.99 Å². The van der Waals surface area contributed by atoms with Gasteiger partial charge in [0.2, 0.25) is 11.8 Å². The Morgan fingerprint density at radius 3 is 2.44 bits per heavy atom. The number of benzene rings is 2. The van der Waals surface area contributed by atoms with Crippen molar-refractivity contribution in [1.29, 1.82) is 0 Å². The monoisotopic (exact) mass is 577 g/mol. The van der Waals surface area contributed by atoms with Crippen LogP contribution in [0, 0.1) is 3.57 Å². The lowest BCUT2D eigenvalue weighted by Gasteiger charge is -2.27. The fourth-order valence-electron chi connectivity index (χ4n) is 4.29. The van der Waals surface area contributed by atoms with Gasteiger partial charge in [-0.2, -0.15) is 0 Å².